The average molecular weight is 300 g/mol. The van der Waals surface area contributed by atoms with Crippen molar-refractivity contribution in [2.45, 2.75) is 25.7 Å². The second-order valence-corrected chi connectivity index (χ2v) is 5.32. The van der Waals surface area contributed by atoms with E-state index in [2.05, 4.69) is 4.98 Å². The third-order valence-corrected chi connectivity index (χ3v) is 3.78. The summed E-state index contributed by atoms with van der Waals surface area (Å²) in [6, 6.07) is 11.2. The molecule has 22 heavy (non-hydrogen) atoms. The summed E-state index contributed by atoms with van der Waals surface area (Å²) in [5.74, 6) is 0.0523. The molecular formula is C17H18N2O3. The molecule has 1 fully saturated rings. The molecule has 0 unspecified atom stereocenters. The smallest absolute Gasteiger partial charge is 0.330 e. The lowest BCUT2D eigenvalue weighted by Gasteiger charge is -2.12. The number of H-pyrrole nitrogens is 1. The van der Waals surface area contributed by atoms with Crippen molar-refractivity contribution in [3.63, 3.8) is 0 Å². The number of benzene rings is 1. The summed E-state index contributed by atoms with van der Waals surface area (Å²) in [4.78, 5) is 25.2. The summed E-state index contributed by atoms with van der Waals surface area (Å²) in [5, 5.41) is 0. The molecule has 0 bridgehead atoms. The van der Waals surface area contributed by atoms with Crippen molar-refractivity contribution in [2.75, 3.05) is 0 Å². The van der Waals surface area contributed by atoms with Gasteiger partial charge in [0.2, 0.25) is 0 Å². The molecule has 0 aliphatic carbocycles. The van der Waals surface area contributed by atoms with Crippen molar-refractivity contribution in [1.29, 1.82) is 0 Å². The molecule has 2 aromatic rings. The molecule has 1 saturated heterocycles. The van der Waals surface area contributed by atoms with Crippen LogP contribution in [0.25, 0.3) is 6.08 Å². The van der Waals surface area contributed by atoms with E-state index in [9.17, 15) is 9.59 Å². The fourth-order valence-corrected chi connectivity index (χ4v) is 2.58. The van der Waals surface area contributed by atoms with E-state index < -0.39 is 17.5 Å². The van der Waals surface area contributed by atoms with Gasteiger partial charge in [-0.05, 0) is 12.5 Å². The maximum atomic E-state index is 11.9. The number of hydrogen-bond acceptors (Lipinski definition) is 3. The monoisotopic (exact) mass is 300 g/mol. The van der Waals surface area contributed by atoms with Crippen molar-refractivity contribution < 1.29 is 6.11 Å². The van der Waals surface area contributed by atoms with E-state index in [0.29, 0.717) is 6.42 Å². The number of rotatable bonds is 3. The first kappa shape index (κ1) is 13.3. The van der Waals surface area contributed by atoms with Gasteiger partial charge in [0.25, 0.3) is 5.56 Å². The fourth-order valence-electron chi connectivity index (χ4n) is 2.58. The SMILES string of the molecule is [3H]C[C@H]1O[C@@H](n2ccc(=O)[nH]c2=O)C[C@@H]1/C=C/c1ccccc1. The van der Waals surface area contributed by atoms with Gasteiger partial charge in [0.1, 0.15) is 6.23 Å². The van der Waals surface area contributed by atoms with Gasteiger partial charge < -0.3 is 4.74 Å². The number of nitrogens with one attached hydrogen (secondary N) is 1. The van der Waals surface area contributed by atoms with Crippen molar-refractivity contribution >= 4 is 6.08 Å². The lowest BCUT2D eigenvalue weighted by atomic mass is 10.00. The van der Waals surface area contributed by atoms with Gasteiger partial charge in [-0.3, -0.25) is 14.3 Å². The number of aromatic amines is 1. The van der Waals surface area contributed by atoms with Gasteiger partial charge in [-0.2, -0.15) is 0 Å². The molecule has 0 spiro atoms. The van der Waals surface area contributed by atoms with E-state index in [-0.39, 0.29) is 18.9 Å². The van der Waals surface area contributed by atoms with E-state index in [4.69, 9.17) is 6.11 Å². The third kappa shape index (κ3) is 3.09. The van der Waals surface area contributed by atoms with Gasteiger partial charge in [0.15, 0.2) is 0 Å². The van der Waals surface area contributed by atoms with Gasteiger partial charge in [-0.25, -0.2) is 4.79 Å². The summed E-state index contributed by atoms with van der Waals surface area (Å²) in [7, 11) is 0. The van der Waals surface area contributed by atoms with Gasteiger partial charge in [-0.1, -0.05) is 42.5 Å². The van der Waals surface area contributed by atoms with Crippen LogP contribution in [-0.4, -0.2) is 15.7 Å². The summed E-state index contributed by atoms with van der Waals surface area (Å²) < 4.78 is 14.8. The van der Waals surface area contributed by atoms with Gasteiger partial charge >= 0.3 is 5.69 Å². The molecule has 0 amide bonds. The first-order valence-corrected chi connectivity index (χ1v) is 7.17. The highest BCUT2D eigenvalue weighted by Gasteiger charge is 2.32. The highest BCUT2D eigenvalue weighted by atomic mass is 16.5. The highest BCUT2D eigenvalue weighted by Crippen LogP contribution is 2.33. The van der Waals surface area contributed by atoms with Crippen LogP contribution in [0.5, 0.6) is 0 Å². The Morgan fingerprint density at radius 3 is 2.86 bits per heavy atom. The summed E-state index contributed by atoms with van der Waals surface area (Å²) in [6.07, 6.45) is 5.36. The van der Waals surface area contributed by atoms with Crippen LogP contribution < -0.4 is 11.2 Å². The molecule has 114 valence electrons. The molecular weight excluding hydrogens is 280 g/mol. The minimum Gasteiger partial charge on any atom is -0.354 e. The van der Waals surface area contributed by atoms with Gasteiger partial charge in [-0.15, -0.1) is 0 Å². The quantitative estimate of drug-likeness (QED) is 0.945. The maximum Gasteiger partial charge on any atom is 0.330 e. The molecule has 3 atom stereocenters. The first-order valence-electron chi connectivity index (χ1n) is 7.87. The van der Waals surface area contributed by atoms with E-state index in [1.165, 1.54) is 16.8 Å². The van der Waals surface area contributed by atoms with E-state index >= 15 is 0 Å². The van der Waals surface area contributed by atoms with Crippen LogP contribution in [0, 0.1) is 5.92 Å². The van der Waals surface area contributed by atoms with Gasteiger partial charge in [0, 0.05) is 26.0 Å². The Bertz CT molecular complexity index is 797. The Kier molecular flexibility index (Phi) is 3.71. The molecule has 0 saturated carbocycles. The number of nitrogens with zero attached hydrogens (tertiary/aromatic N) is 1. The molecule has 2 heterocycles. The van der Waals surface area contributed by atoms with Crippen LogP contribution >= 0.6 is 0 Å². The standard InChI is InChI=1S/C17H18N2O3/c1-12-14(8-7-13-5-3-2-4-6-13)11-16(22-12)19-10-9-15(20)18-17(19)21/h2-10,12,14,16H,11H2,1H3,(H,18,20,21)/b8-7+/t12-,14+,16-/m1/s1/i1T. The zero-order chi connectivity index (χ0) is 16.2. The minimum atomic E-state index is -0.487. The minimum absolute atomic E-state index is 0.0523. The highest BCUT2D eigenvalue weighted by molar-refractivity contribution is 5.49. The fraction of sp³-hybridized carbons (Fsp3) is 0.294. The molecule has 1 N–H and O–H groups in total. The molecule has 3 rings (SSSR count). The lowest BCUT2D eigenvalue weighted by Crippen LogP contribution is -2.31. The van der Waals surface area contributed by atoms with Crippen LogP contribution in [0.3, 0.4) is 0 Å². The summed E-state index contributed by atoms with van der Waals surface area (Å²) in [6.45, 7) is 0.123. The van der Waals surface area contributed by atoms with E-state index in [1.54, 1.807) is 0 Å². The Labute approximate surface area is 129 Å². The Morgan fingerprint density at radius 2 is 2.14 bits per heavy atom. The normalized spacial score (nSPS) is 25.5. The molecule has 1 aliphatic heterocycles. The second kappa shape index (κ2) is 6.15. The van der Waals surface area contributed by atoms with Crippen molar-refractivity contribution in [2.24, 2.45) is 5.92 Å². The Morgan fingerprint density at radius 1 is 1.32 bits per heavy atom. The molecule has 1 aromatic heterocycles. The molecule has 0 radical (unpaired) electrons. The molecule has 5 heteroatoms. The van der Waals surface area contributed by atoms with Gasteiger partial charge in [0.05, 0.1) is 6.10 Å². The predicted molar refractivity (Wildman–Crippen MR) is 84.5 cm³/mol. The largest absolute Gasteiger partial charge is 0.354 e. The zero-order valence-corrected chi connectivity index (χ0v) is 12.0. The first-order chi connectivity index (χ1) is 11.2. The van der Waals surface area contributed by atoms with Crippen LogP contribution in [0.4, 0.5) is 0 Å². The van der Waals surface area contributed by atoms with Crippen LogP contribution in [0.15, 0.2) is 58.3 Å². The van der Waals surface area contributed by atoms with Crippen LogP contribution in [0.2, 0.25) is 0 Å². The molecule has 1 aromatic carbocycles. The number of aromatic nitrogens is 2. The third-order valence-electron chi connectivity index (χ3n) is 3.78. The number of hydrogen-bond donors (Lipinski definition) is 1. The van der Waals surface area contributed by atoms with Crippen LogP contribution in [-0.2, 0) is 4.74 Å². The van der Waals surface area contributed by atoms with E-state index in [0.717, 1.165) is 5.56 Å². The average Bonchev–Trinajstić information content (AvgIpc) is 2.97. The lowest BCUT2D eigenvalue weighted by molar-refractivity contribution is 0.00448. The topological polar surface area (TPSA) is 64.1 Å². The molecule has 1 aliphatic rings. The second-order valence-electron chi connectivity index (χ2n) is 5.32. The summed E-state index contributed by atoms with van der Waals surface area (Å²) >= 11 is 0. The zero-order valence-electron chi connectivity index (χ0n) is 13.0. The van der Waals surface area contributed by atoms with Crippen LogP contribution in [0.1, 0.15) is 26.5 Å². The maximum absolute atomic E-state index is 11.9. The van der Waals surface area contributed by atoms with Crippen molar-refractivity contribution in [3.05, 3.63) is 75.1 Å². The Hall–Kier alpha value is -2.40. The van der Waals surface area contributed by atoms with Crippen molar-refractivity contribution in [1.82, 2.24) is 9.55 Å². The number of ether oxygens (including phenoxy) is 1. The molecule has 5 nitrogen and oxygen atoms in total. The predicted octanol–water partition coefficient (Wildman–Crippen LogP) is 2.17. The van der Waals surface area contributed by atoms with E-state index in [1.807, 2.05) is 42.5 Å². The van der Waals surface area contributed by atoms with Crippen molar-refractivity contribution in [3.8, 4) is 0 Å². The summed E-state index contributed by atoms with van der Waals surface area (Å²) in [5.41, 5.74) is 0.168. The Balaban J connectivity index is 1.79.